The third-order valence-electron chi connectivity index (χ3n) is 2.78. The predicted molar refractivity (Wildman–Crippen MR) is 72.1 cm³/mol. The zero-order valence-electron chi connectivity index (χ0n) is 10.9. The summed E-state index contributed by atoms with van der Waals surface area (Å²) in [7, 11) is 0. The van der Waals surface area contributed by atoms with E-state index in [1.165, 1.54) is 0 Å². The van der Waals surface area contributed by atoms with Gasteiger partial charge in [-0.15, -0.1) is 0 Å². The van der Waals surface area contributed by atoms with Crippen molar-refractivity contribution >= 4 is 17.2 Å². The minimum atomic E-state index is -0.482. The molecule has 0 atom stereocenters. The molecule has 20 heavy (non-hydrogen) atoms. The Morgan fingerprint density at radius 1 is 1.15 bits per heavy atom. The molecule has 0 saturated carbocycles. The number of oxazole rings is 1. The van der Waals surface area contributed by atoms with Gasteiger partial charge >= 0.3 is 5.97 Å². The number of hydrogen-bond donors (Lipinski definition) is 0. The average Bonchev–Trinajstić information content (AvgIpc) is 2.85. The van der Waals surface area contributed by atoms with Crippen LogP contribution in [0.5, 0.6) is 0 Å². The maximum Gasteiger partial charge on any atom is 0.357 e. The van der Waals surface area contributed by atoms with Crippen LogP contribution in [0.1, 0.15) is 21.9 Å². The van der Waals surface area contributed by atoms with Crippen LogP contribution in [0.15, 0.2) is 46.9 Å². The molecule has 0 saturated heterocycles. The molecule has 0 N–H and O–H groups in total. The summed E-state index contributed by atoms with van der Waals surface area (Å²) in [5, 5.41) is 0. The number of benzene rings is 1. The summed E-state index contributed by atoms with van der Waals surface area (Å²) in [6.45, 7) is 1.95. The fourth-order valence-corrected chi connectivity index (χ4v) is 1.84. The van der Waals surface area contributed by atoms with Gasteiger partial charge in [-0.05, 0) is 17.7 Å². The molecular formula is C15H12N2O3. The summed E-state index contributed by atoms with van der Waals surface area (Å²) in [5.41, 5.74) is 2.11. The van der Waals surface area contributed by atoms with E-state index in [4.69, 9.17) is 9.15 Å². The van der Waals surface area contributed by atoms with E-state index >= 15 is 0 Å². The van der Waals surface area contributed by atoms with Crippen molar-refractivity contribution in [3.05, 3.63) is 59.6 Å². The lowest BCUT2D eigenvalue weighted by Crippen LogP contribution is -2.07. The monoisotopic (exact) mass is 268 g/mol. The Balaban J connectivity index is 1.75. The summed E-state index contributed by atoms with van der Waals surface area (Å²) in [4.78, 5) is 20.2. The Morgan fingerprint density at radius 2 is 1.95 bits per heavy atom. The van der Waals surface area contributed by atoms with Crippen LogP contribution in [-0.4, -0.2) is 15.9 Å². The number of pyridine rings is 1. The standard InChI is InChI=1S/C15H12N2O3/c1-10-16-12-7-8-13(17-14(12)20-10)15(18)19-9-11-5-3-2-4-6-11/h2-8H,9H2,1H3. The highest BCUT2D eigenvalue weighted by atomic mass is 16.5. The van der Waals surface area contributed by atoms with Crippen LogP contribution in [0.3, 0.4) is 0 Å². The highest BCUT2D eigenvalue weighted by Gasteiger charge is 2.12. The molecule has 0 radical (unpaired) electrons. The number of rotatable bonds is 3. The second kappa shape index (κ2) is 5.13. The van der Waals surface area contributed by atoms with E-state index < -0.39 is 5.97 Å². The molecule has 2 aromatic heterocycles. The van der Waals surface area contributed by atoms with Gasteiger partial charge in [0.1, 0.15) is 12.1 Å². The van der Waals surface area contributed by atoms with E-state index in [1.54, 1.807) is 19.1 Å². The summed E-state index contributed by atoms with van der Waals surface area (Å²) in [6.07, 6.45) is 0. The second-order valence-corrected chi connectivity index (χ2v) is 4.32. The highest BCUT2D eigenvalue weighted by Crippen LogP contribution is 2.14. The lowest BCUT2D eigenvalue weighted by molar-refractivity contribution is 0.0466. The highest BCUT2D eigenvalue weighted by molar-refractivity contribution is 5.89. The van der Waals surface area contributed by atoms with Gasteiger partial charge in [-0.25, -0.2) is 14.8 Å². The third kappa shape index (κ3) is 2.51. The van der Waals surface area contributed by atoms with Crippen LogP contribution in [0, 0.1) is 6.92 Å². The van der Waals surface area contributed by atoms with Gasteiger partial charge < -0.3 is 9.15 Å². The van der Waals surface area contributed by atoms with Crippen LogP contribution in [0.25, 0.3) is 11.2 Å². The lowest BCUT2D eigenvalue weighted by Gasteiger charge is -2.03. The van der Waals surface area contributed by atoms with Crippen LogP contribution in [0.2, 0.25) is 0 Å². The first-order chi connectivity index (χ1) is 9.72. The van der Waals surface area contributed by atoms with Crippen molar-refractivity contribution in [3.8, 4) is 0 Å². The molecular weight excluding hydrogens is 256 g/mol. The Morgan fingerprint density at radius 3 is 2.75 bits per heavy atom. The molecule has 3 rings (SSSR count). The lowest BCUT2D eigenvalue weighted by atomic mass is 10.2. The zero-order chi connectivity index (χ0) is 13.9. The molecule has 0 spiro atoms. The topological polar surface area (TPSA) is 65.2 Å². The van der Waals surface area contributed by atoms with Crippen LogP contribution in [-0.2, 0) is 11.3 Å². The van der Waals surface area contributed by atoms with Crippen molar-refractivity contribution < 1.29 is 13.9 Å². The Bertz CT molecular complexity index is 750. The summed E-state index contributed by atoms with van der Waals surface area (Å²) in [6, 6.07) is 12.8. The van der Waals surface area contributed by atoms with E-state index in [0.717, 1.165) is 5.56 Å². The normalized spacial score (nSPS) is 10.7. The Labute approximate surface area is 115 Å². The number of fused-ring (bicyclic) bond motifs is 1. The number of carbonyl (C=O) groups is 1. The van der Waals surface area contributed by atoms with E-state index in [1.807, 2.05) is 30.3 Å². The first kappa shape index (κ1) is 12.3. The van der Waals surface area contributed by atoms with Gasteiger partial charge in [-0.3, -0.25) is 0 Å². The van der Waals surface area contributed by atoms with E-state index in [0.29, 0.717) is 17.1 Å². The van der Waals surface area contributed by atoms with Crippen molar-refractivity contribution in [3.63, 3.8) is 0 Å². The summed E-state index contributed by atoms with van der Waals surface area (Å²) in [5.74, 6) is 0.0344. The molecule has 0 fully saturated rings. The molecule has 0 aliphatic rings. The Kier molecular flexibility index (Phi) is 3.16. The quantitative estimate of drug-likeness (QED) is 0.683. The summed E-state index contributed by atoms with van der Waals surface area (Å²) >= 11 is 0. The number of aromatic nitrogens is 2. The average molecular weight is 268 g/mol. The number of ether oxygens (including phenoxy) is 1. The SMILES string of the molecule is Cc1nc2ccc(C(=O)OCc3ccccc3)nc2o1. The minimum absolute atomic E-state index is 0.213. The number of hydrogen-bond acceptors (Lipinski definition) is 5. The van der Waals surface area contributed by atoms with Gasteiger partial charge in [0.25, 0.3) is 0 Å². The molecule has 0 bridgehead atoms. The number of nitrogens with zero attached hydrogens (tertiary/aromatic N) is 2. The maximum absolute atomic E-state index is 11.9. The molecule has 5 heteroatoms. The van der Waals surface area contributed by atoms with E-state index in [2.05, 4.69) is 9.97 Å². The zero-order valence-corrected chi connectivity index (χ0v) is 10.9. The number of esters is 1. The van der Waals surface area contributed by atoms with Crippen LogP contribution >= 0.6 is 0 Å². The first-order valence-corrected chi connectivity index (χ1v) is 6.17. The molecule has 1 aromatic carbocycles. The van der Waals surface area contributed by atoms with Crippen molar-refractivity contribution in [2.45, 2.75) is 13.5 Å². The minimum Gasteiger partial charge on any atom is -0.456 e. The molecule has 2 heterocycles. The maximum atomic E-state index is 11.9. The van der Waals surface area contributed by atoms with Crippen molar-refractivity contribution in [2.24, 2.45) is 0 Å². The third-order valence-corrected chi connectivity index (χ3v) is 2.78. The first-order valence-electron chi connectivity index (χ1n) is 6.17. The largest absolute Gasteiger partial charge is 0.456 e. The van der Waals surface area contributed by atoms with Crippen molar-refractivity contribution in [1.29, 1.82) is 0 Å². The van der Waals surface area contributed by atoms with E-state index in [9.17, 15) is 4.79 Å². The van der Waals surface area contributed by atoms with Crippen molar-refractivity contribution in [1.82, 2.24) is 9.97 Å². The molecule has 0 aliphatic carbocycles. The number of carbonyl (C=O) groups excluding carboxylic acids is 1. The smallest absolute Gasteiger partial charge is 0.357 e. The van der Waals surface area contributed by atoms with Gasteiger partial charge in [0.05, 0.1) is 0 Å². The van der Waals surface area contributed by atoms with Crippen molar-refractivity contribution in [2.75, 3.05) is 0 Å². The number of aryl methyl sites for hydroxylation is 1. The fraction of sp³-hybridized carbons (Fsp3) is 0.133. The van der Waals surface area contributed by atoms with Crippen LogP contribution < -0.4 is 0 Å². The molecule has 3 aromatic rings. The molecule has 0 unspecified atom stereocenters. The Hall–Kier alpha value is -2.69. The molecule has 5 nitrogen and oxygen atoms in total. The fourth-order valence-electron chi connectivity index (χ4n) is 1.84. The van der Waals surface area contributed by atoms with E-state index in [-0.39, 0.29) is 12.3 Å². The molecule has 0 amide bonds. The molecule has 0 aliphatic heterocycles. The van der Waals surface area contributed by atoms with Gasteiger partial charge in [0.2, 0.25) is 5.71 Å². The summed E-state index contributed by atoms with van der Waals surface area (Å²) < 4.78 is 10.5. The van der Waals surface area contributed by atoms with Gasteiger partial charge in [-0.2, -0.15) is 0 Å². The van der Waals surface area contributed by atoms with Gasteiger partial charge in [0, 0.05) is 6.92 Å². The van der Waals surface area contributed by atoms with Crippen LogP contribution in [0.4, 0.5) is 0 Å². The van der Waals surface area contributed by atoms with Gasteiger partial charge in [0.15, 0.2) is 11.6 Å². The predicted octanol–water partition coefficient (Wildman–Crippen LogP) is 2.89. The van der Waals surface area contributed by atoms with Gasteiger partial charge in [-0.1, -0.05) is 30.3 Å². The second-order valence-electron chi connectivity index (χ2n) is 4.32. The molecule has 100 valence electrons.